The number of fused-ring (bicyclic) bond motifs is 1. The van der Waals surface area contributed by atoms with Crippen LogP contribution in [0.4, 0.5) is 0 Å². The van der Waals surface area contributed by atoms with Crippen LogP contribution in [0.1, 0.15) is 25.3 Å². The van der Waals surface area contributed by atoms with E-state index < -0.39 is 0 Å². The van der Waals surface area contributed by atoms with Gasteiger partial charge in [0.1, 0.15) is 0 Å². The van der Waals surface area contributed by atoms with Crippen LogP contribution in [0, 0.1) is 0 Å². The molecule has 0 aliphatic carbocycles. The van der Waals surface area contributed by atoms with E-state index in [0.29, 0.717) is 0 Å². The Labute approximate surface area is 168 Å². The van der Waals surface area contributed by atoms with Gasteiger partial charge in [-0.25, -0.2) is 12.1 Å². The molecule has 0 radical (unpaired) electrons. The fourth-order valence-electron chi connectivity index (χ4n) is 2.03. The normalized spacial score (nSPS) is 8.62. The number of unbranched alkanes of at least 4 members (excludes halogenated alkanes) is 1. The number of hydrogen-bond donors (Lipinski definition) is 0. The average Bonchev–Trinajstić information content (AvgIpc) is 3.08. The van der Waals surface area contributed by atoms with E-state index in [0.717, 1.165) is 0 Å². The standard InChI is InChI=1S/C9H7.C9H13.2BrH.Zr/c1-2-5-9-7-3-6-8(9)4-1;1-2-3-6-9-7-4-5-8-9;;;/h1-7H;4-5,7-8H,2-3,6H2,1H3;2*1H;/q2*-1;;;+4/p-2. The third-order valence-electron chi connectivity index (χ3n) is 3.10. The molecule has 3 heteroatoms. The summed E-state index contributed by atoms with van der Waals surface area (Å²) >= 11 is 0. The molecule has 0 bridgehead atoms. The Bertz CT molecular complexity index is 525. The van der Waals surface area contributed by atoms with Crippen molar-refractivity contribution >= 4 is 10.8 Å². The fourth-order valence-corrected chi connectivity index (χ4v) is 2.03. The molecule has 0 heterocycles. The van der Waals surface area contributed by atoms with E-state index in [9.17, 15) is 0 Å². The molecule has 0 aliphatic heterocycles. The summed E-state index contributed by atoms with van der Waals surface area (Å²) in [6.45, 7) is 2.23. The predicted octanol–water partition coefficient (Wildman–Crippen LogP) is -0.688. The molecule has 3 aromatic rings. The summed E-state index contributed by atoms with van der Waals surface area (Å²) in [7, 11) is 0. The largest absolute Gasteiger partial charge is 4.00 e. The molecule has 0 aromatic heterocycles. The van der Waals surface area contributed by atoms with Crippen LogP contribution < -0.4 is 34.0 Å². The molecule has 0 nitrogen and oxygen atoms in total. The fraction of sp³-hybridized carbons (Fsp3) is 0.222. The Morgan fingerprint density at radius 2 is 1.62 bits per heavy atom. The van der Waals surface area contributed by atoms with Crippen molar-refractivity contribution < 1.29 is 60.2 Å². The first-order valence-corrected chi connectivity index (χ1v) is 6.71. The summed E-state index contributed by atoms with van der Waals surface area (Å²) in [6, 6.07) is 23.3. The number of halogens is 2. The van der Waals surface area contributed by atoms with E-state index in [1.54, 1.807) is 0 Å². The van der Waals surface area contributed by atoms with E-state index in [1.807, 2.05) is 0 Å². The topological polar surface area (TPSA) is 0 Å². The molecule has 0 amide bonds. The van der Waals surface area contributed by atoms with Gasteiger partial charge in [-0.1, -0.05) is 32.3 Å². The molecule has 0 atom stereocenters. The van der Waals surface area contributed by atoms with Crippen molar-refractivity contribution in [1.29, 1.82) is 0 Å². The van der Waals surface area contributed by atoms with Gasteiger partial charge in [0.25, 0.3) is 0 Å². The minimum Gasteiger partial charge on any atom is -1.00 e. The zero-order valence-corrected chi connectivity index (χ0v) is 17.9. The molecule has 0 unspecified atom stereocenters. The second-order valence-electron chi connectivity index (χ2n) is 4.55. The first kappa shape index (κ1) is 23.3. The van der Waals surface area contributed by atoms with Gasteiger partial charge in [-0.05, 0) is 0 Å². The zero-order valence-electron chi connectivity index (χ0n) is 12.2. The van der Waals surface area contributed by atoms with Crippen LogP contribution in [-0.2, 0) is 32.6 Å². The van der Waals surface area contributed by atoms with E-state index in [-0.39, 0.29) is 60.2 Å². The maximum Gasteiger partial charge on any atom is 4.00 e. The smallest absolute Gasteiger partial charge is 1.00 e. The Hall–Kier alpha value is 0.0231. The molecule has 0 fully saturated rings. The zero-order chi connectivity index (χ0) is 12.6. The number of aryl methyl sites for hydroxylation is 1. The van der Waals surface area contributed by atoms with Crippen molar-refractivity contribution in [3.05, 3.63) is 72.3 Å². The van der Waals surface area contributed by atoms with Gasteiger partial charge in [0, 0.05) is 0 Å². The quantitative estimate of drug-likeness (QED) is 0.430. The molecule has 3 aromatic carbocycles. The first-order chi connectivity index (χ1) is 8.90. The van der Waals surface area contributed by atoms with Crippen molar-refractivity contribution in [2.45, 2.75) is 26.2 Å². The van der Waals surface area contributed by atoms with Gasteiger partial charge in [0.2, 0.25) is 0 Å². The summed E-state index contributed by atoms with van der Waals surface area (Å²) in [5.41, 5.74) is 1.48. The molecule has 0 N–H and O–H groups in total. The average molecular weight is 487 g/mol. The minimum atomic E-state index is 0. The van der Waals surface area contributed by atoms with Crippen LogP contribution in [0.25, 0.3) is 10.8 Å². The van der Waals surface area contributed by atoms with Crippen LogP contribution in [-0.4, -0.2) is 0 Å². The number of rotatable bonds is 3. The second kappa shape index (κ2) is 13.7. The Kier molecular flexibility index (Phi) is 15.2. The maximum absolute atomic E-state index is 2.23. The summed E-state index contributed by atoms with van der Waals surface area (Å²) in [5, 5.41) is 2.66. The van der Waals surface area contributed by atoms with Crippen molar-refractivity contribution in [2.24, 2.45) is 0 Å². The predicted molar refractivity (Wildman–Crippen MR) is 80.2 cm³/mol. The molecule has 0 aliphatic rings. The molecule has 0 saturated heterocycles. The van der Waals surface area contributed by atoms with E-state index >= 15 is 0 Å². The van der Waals surface area contributed by atoms with Crippen molar-refractivity contribution in [3.8, 4) is 0 Å². The van der Waals surface area contributed by atoms with E-state index in [4.69, 9.17) is 0 Å². The molecular weight excluding hydrogens is 467 g/mol. The molecule has 0 saturated carbocycles. The molecule has 21 heavy (non-hydrogen) atoms. The number of hydrogen-bond acceptors (Lipinski definition) is 0. The third kappa shape index (κ3) is 8.28. The van der Waals surface area contributed by atoms with Gasteiger partial charge in [-0.2, -0.15) is 35.2 Å². The Morgan fingerprint density at radius 1 is 0.952 bits per heavy atom. The molecule has 0 spiro atoms. The van der Waals surface area contributed by atoms with Crippen LogP contribution in [0.3, 0.4) is 0 Å². The van der Waals surface area contributed by atoms with Crippen molar-refractivity contribution in [3.63, 3.8) is 0 Å². The minimum absolute atomic E-state index is 0. The van der Waals surface area contributed by atoms with Gasteiger partial charge in [-0.15, -0.1) is 29.7 Å². The second-order valence-corrected chi connectivity index (χ2v) is 4.55. The summed E-state index contributed by atoms with van der Waals surface area (Å²) < 4.78 is 0. The van der Waals surface area contributed by atoms with Crippen molar-refractivity contribution in [1.82, 2.24) is 0 Å². The van der Waals surface area contributed by atoms with E-state index in [2.05, 4.69) is 73.7 Å². The summed E-state index contributed by atoms with van der Waals surface area (Å²) in [4.78, 5) is 0. The molecular formula is C18H20Br2Zr. The van der Waals surface area contributed by atoms with Crippen molar-refractivity contribution in [2.75, 3.05) is 0 Å². The number of benzene rings is 1. The van der Waals surface area contributed by atoms with Gasteiger partial charge in [0.05, 0.1) is 0 Å². The van der Waals surface area contributed by atoms with Gasteiger partial charge >= 0.3 is 26.2 Å². The van der Waals surface area contributed by atoms with Crippen LogP contribution in [0.2, 0.25) is 0 Å². The van der Waals surface area contributed by atoms with E-state index in [1.165, 1.54) is 35.6 Å². The van der Waals surface area contributed by atoms with Gasteiger partial charge in [-0.3, -0.25) is 0 Å². The maximum atomic E-state index is 2.23. The van der Waals surface area contributed by atoms with Crippen LogP contribution in [0.5, 0.6) is 0 Å². The SMILES string of the molecule is CCCC[c-]1cccc1.[Br-].[Br-].[Zr+4].c1ccc2[cH-]ccc2c1. The first-order valence-electron chi connectivity index (χ1n) is 6.71. The van der Waals surface area contributed by atoms with Gasteiger partial charge < -0.3 is 34.0 Å². The molecule has 110 valence electrons. The summed E-state index contributed by atoms with van der Waals surface area (Å²) in [5.74, 6) is 0. The monoisotopic (exact) mass is 484 g/mol. The van der Waals surface area contributed by atoms with Gasteiger partial charge in [0.15, 0.2) is 0 Å². The molecule has 3 rings (SSSR count). The van der Waals surface area contributed by atoms with Crippen LogP contribution >= 0.6 is 0 Å². The Balaban J connectivity index is 0. The Morgan fingerprint density at radius 3 is 2.24 bits per heavy atom. The summed E-state index contributed by atoms with van der Waals surface area (Å²) in [6.07, 6.45) is 3.87. The third-order valence-corrected chi connectivity index (χ3v) is 3.10. The van der Waals surface area contributed by atoms with Crippen LogP contribution in [0.15, 0.2) is 66.7 Å².